The average molecular weight is 386 g/mol. The Morgan fingerprint density at radius 1 is 1.30 bits per heavy atom. The van der Waals surface area contributed by atoms with Gasteiger partial charge in [0, 0.05) is 56.8 Å². The van der Waals surface area contributed by atoms with Crippen molar-refractivity contribution in [1.82, 2.24) is 20.5 Å². The predicted octanol–water partition coefficient (Wildman–Crippen LogP) is 2.86. The summed E-state index contributed by atoms with van der Waals surface area (Å²) in [6.45, 7) is 8.35. The van der Waals surface area contributed by atoms with E-state index in [-0.39, 0.29) is 0 Å². The summed E-state index contributed by atoms with van der Waals surface area (Å²) in [5.74, 6) is 0.867. The zero-order valence-electron chi connectivity index (χ0n) is 16.7. The van der Waals surface area contributed by atoms with Crippen LogP contribution in [-0.2, 0) is 25.8 Å². The molecule has 0 aliphatic carbocycles. The normalized spacial score (nSPS) is 16.0. The van der Waals surface area contributed by atoms with Crippen LogP contribution in [0, 0.1) is 0 Å². The number of hydrogen-bond donors (Lipinski definition) is 2. The summed E-state index contributed by atoms with van der Waals surface area (Å²) in [5.41, 5.74) is 2.97. The van der Waals surface area contributed by atoms with Crippen LogP contribution in [0.15, 0.2) is 35.5 Å². The molecule has 146 valence electrons. The van der Waals surface area contributed by atoms with Gasteiger partial charge in [-0.05, 0) is 30.9 Å². The number of nitrogens with zero attached hydrogens (tertiary/aromatic N) is 3. The molecule has 3 rings (SSSR count). The van der Waals surface area contributed by atoms with E-state index in [1.807, 2.05) is 13.2 Å². The number of nitrogens with one attached hydrogen (secondary N) is 2. The van der Waals surface area contributed by atoms with Gasteiger partial charge in [-0.15, -0.1) is 11.3 Å². The zero-order valence-corrected chi connectivity index (χ0v) is 17.5. The van der Waals surface area contributed by atoms with Crippen molar-refractivity contribution < 1.29 is 0 Å². The highest BCUT2D eigenvalue weighted by molar-refractivity contribution is 7.11. The molecule has 1 atom stereocenters. The zero-order chi connectivity index (χ0) is 19.1. The van der Waals surface area contributed by atoms with E-state index in [4.69, 9.17) is 0 Å². The largest absolute Gasteiger partial charge is 0.356 e. The number of aliphatic imine (C=N–C) groups is 1. The fourth-order valence-corrected chi connectivity index (χ4v) is 4.26. The molecule has 1 unspecified atom stereocenters. The molecule has 2 N–H and O–H groups in total. The first-order valence-electron chi connectivity index (χ1n) is 9.88. The summed E-state index contributed by atoms with van der Waals surface area (Å²) >= 11 is 1.81. The van der Waals surface area contributed by atoms with E-state index >= 15 is 0 Å². The fraction of sp³-hybridized carbons (Fsp3) is 0.524. The summed E-state index contributed by atoms with van der Waals surface area (Å²) < 4.78 is 0. The van der Waals surface area contributed by atoms with Crippen molar-refractivity contribution in [2.75, 3.05) is 26.7 Å². The monoisotopic (exact) mass is 385 g/mol. The van der Waals surface area contributed by atoms with Gasteiger partial charge in [0.05, 0.1) is 5.01 Å². The van der Waals surface area contributed by atoms with E-state index in [0.29, 0.717) is 6.04 Å². The second-order valence-corrected chi connectivity index (χ2v) is 8.24. The summed E-state index contributed by atoms with van der Waals surface area (Å²) in [4.78, 5) is 12.7. The number of thiazole rings is 1. The molecular weight excluding hydrogens is 354 g/mol. The van der Waals surface area contributed by atoms with Crippen LogP contribution >= 0.6 is 11.3 Å². The van der Waals surface area contributed by atoms with E-state index in [2.05, 4.69) is 63.6 Å². The van der Waals surface area contributed by atoms with Gasteiger partial charge in [-0.1, -0.05) is 31.2 Å². The smallest absolute Gasteiger partial charge is 0.191 e. The number of aromatic nitrogens is 1. The minimum absolute atomic E-state index is 0.461. The first kappa shape index (κ1) is 19.8. The summed E-state index contributed by atoms with van der Waals surface area (Å²) in [6.07, 6.45) is 5.13. The summed E-state index contributed by atoms with van der Waals surface area (Å²) in [5, 5.41) is 8.07. The highest BCUT2D eigenvalue weighted by atomic mass is 32.1. The van der Waals surface area contributed by atoms with Crippen LogP contribution in [0.25, 0.3) is 0 Å². The highest BCUT2D eigenvalue weighted by Crippen LogP contribution is 2.20. The number of rotatable bonds is 7. The maximum Gasteiger partial charge on any atom is 0.191 e. The molecule has 27 heavy (non-hydrogen) atoms. The first-order chi connectivity index (χ1) is 13.2. The lowest BCUT2D eigenvalue weighted by Crippen LogP contribution is -2.47. The molecule has 0 saturated heterocycles. The van der Waals surface area contributed by atoms with Crippen molar-refractivity contribution in [1.29, 1.82) is 0 Å². The van der Waals surface area contributed by atoms with Gasteiger partial charge in [0.2, 0.25) is 0 Å². The third-order valence-electron chi connectivity index (χ3n) is 5.15. The molecule has 6 heteroatoms. The lowest BCUT2D eigenvalue weighted by Gasteiger charge is -2.34. The van der Waals surface area contributed by atoms with Gasteiger partial charge in [-0.3, -0.25) is 9.89 Å². The molecular formula is C21H31N5S. The molecule has 2 aromatic rings. The minimum Gasteiger partial charge on any atom is -0.356 e. The van der Waals surface area contributed by atoms with Crippen molar-refractivity contribution in [2.45, 2.75) is 45.7 Å². The Labute approximate surface area is 166 Å². The number of hydrogen-bond acceptors (Lipinski definition) is 4. The van der Waals surface area contributed by atoms with Crippen molar-refractivity contribution in [3.63, 3.8) is 0 Å². The average Bonchev–Trinajstić information content (AvgIpc) is 3.18. The molecule has 0 amide bonds. The Morgan fingerprint density at radius 2 is 2.11 bits per heavy atom. The number of aryl methyl sites for hydroxylation is 1. The van der Waals surface area contributed by atoms with Crippen LogP contribution in [0.2, 0.25) is 0 Å². The fourth-order valence-electron chi connectivity index (χ4n) is 3.40. The van der Waals surface area contributed by atoms with E-state index in [1.54, 1.807) is 11.3 Å². The third kappa shape index (κ3) is 5.53. The van der Waals surface area contributed by atoms with Crippen molar-refractivity contribution in [2.24, 2.45) is 4.99 Å². The quantitative estimate of drug-likeness (QED) is 0.568. The standard InChI is InChI=1S/C21H31N5S/c1-4-19-14-24-20(27-19)9-11-23-21(22-3)25-13-16(2)26-12-10-17-7-5-6-8-18(17)15-26/h5-8,14,16H,4,9-13,15H2,1-3H3,(H2,22,23,25). The molecule has 0 spiro atoms. The summed E-state index contributed by atoms with van der Waals surface area (Å²) in [6, 6.07) is 9.26. The summed E-state index contributed by atoms with van der Waals surface area (Å²) in [7, 11) is 1.83. The van der Waals surface area contributed by atoms with Crippen molar-refractivity contribution >= 4 is 17.3 Å². The van der Waals surface area contributed by atoms with E-state index in [1.165, 1.54) is 21.0 Å². The Kier molecular flexibility index (Phi) is 7.24. The van der Waals surface area contributed by atoms with Gasteiger partial charge in [0.15, 0.2) is 5.96 Å². The Balaban J connectivity index is 1.41. The molecule has 1 aromatic carbocycles. The second-order valence-electron chi connectivity index (χ2n) is 7.04. The van der Waals surface area contributed by atoms with Gasteiger partial charge in [-0.25, -0.2) is 4.98 Å². The lowest BCUT2D eigenvalue weighted by molar-refractivity contribution is 0.191. The molecule has 0 fully saturated rings. The van der Waals surface area contributed by atoms with Crippen molar-refractivity contribution in [3.8, 4) is 0 Å². The molecule has 1 aromatic heterocycles. The molecule has 5 nitrogen and oxygen atoms in total. The molecule has 0 saturated carbocycles. The maximum atomic E-state index is 4.48. The minimum atomic E-state index is 0.461. The second kappa shape index (κ2) is 9.85. The topological polar surface area (TPSA) is 52.6 Å². The number of guanidine groups is 1. The SMILES string of the molecule is CCc1cnc(CCNC(=NC)NCC(C)N2CCc3ccccc3C2)s1. The Morgan fingerprint density at radius 3 is 2.85 bits per heavy atom. The molecule has 2 heterocycles. The van der Waals surface area contributed by atoms with Gasteiger partial charge in [0.1, 0.15) is 0 Å². The molecule has 1 aliphatic rings. The Hall–Kier alpha value is -1.92. The van der Waals surface area contributed by atoms with E-state index in [9.17, 15) is 0 Å². The molecule has 1 aliphatic heterocycles. The van der Waals surface area contributed by atoms with Crippen LogP contribution in [0.1, 0.15) is 34.9 Å². The van der Waals surface area contributed by atoms with Crippen LogP contribution in [0.3, 0.4) is 0 Å². The van der Waals surface area contributed by atoms with Crippen LogP contribution in [0.4, 0.5) is 0 Å². The van der Waals surface area contributed by atoms with Crippen LogP contribution in [-0.4, -0.2) is 48.6 Å². The van der Waals surface area contributed by atoms with Crippen LogP contribution in [0.5, 0.6) is 0 Å². The third-order valence-corrected chi connectivity index (χ3v) is 6.35. The Bertz CT molecular complexity index is 755. The van der Waals surface area contributed by atoms with E-state index < -0.39 is 0 Å². The lowest BCUT2D eigenvalue weighted by atomic mass is 9.99. The van der Waals surface area contributed by atoms with Gasteiger partial charge in [-0.2, -0.15) is 0 Å². The number of fused-ring (bicyclic) bond motifs is 1. The van der Waals surface area contributed by atoms with Crippen LogP contribution < -0.4 is 10.6 Å². The highest BCUT2D eigenvalue weighted by Gasteiger charge is 2.20. The maximum absolute atomic E-state index is 4.48. The van der Waals surface area contributed by atoms with Crippen molar-refractivity contribution in [3.05, 3.63) is 51.5 Å². The predicted molar refractivity (Wildman–Crippen MR) is 115 cm³/mol. The molecule has 0 bridgehead atoms. The first-order valence-corrected chi connectivity index (χ1v) is 10.7. The van der Waals surface area contributed by atoms with E-state index in [0.717, 1.165) is 51.4 Å². The number of benzene rings is 1. The van der Waals surface area contributed by atoms with Gasteiger partial charge in [0.25, 0.3) is 0 Å². The van der Waals surface area contributed by atoms with Gasteiger partial charge >= 0.3 is 0 Å². The van der Waals surface area contributed by atoms with Gasteiger partial charge < -0.3 is 10.6 Å². The molecule has 0 radical (unpaired) electrons.